The number of hydrogen-bond acceptors (Lipinski definition) is 4. The molecule has 4 aliphatic carbocycles. The van der Waals surface area contributed by atoms with Gasteiger partial charge in [-0.25, -0.2) is 0 Å². The van der Waals surface area contributed by atoms with E-state index in [1.165, 1.54) is 19.3 Å². The molecular formula is C21H33N3O3. The van der Waals surface area contributed by atoms with Gasteiger partial charge in [0.05, 0.1) is 25.1 Å². The Bertz CT molecular complexity index is 620. The number of nitrogens with zero attached hydrogens (tertiary/aromatic N) is 3. The van der Waals surface area contributed by atoms with Gasteiger partial charge in [0.25, 0.3) is 0 Å². The van der Waals surface area contributed by atoms with Crippen molar-refractivity contribution in [1.82, 2.24) is 14.7 Å². The minimum atomic E-state index is -0.268. The number of hydrogen-bond donors (Lipinski definition) is 0. The van der Waals surface area contributed by atoms with Gasteiger partial charge in [0.15, 0.2) is 0 Å². The minimum Gasteiger partial charge on any atom is -0.368 e. The summed E-state index contributed by atoms with van der Waals surface area (Å²) in [6.07, 6.45) is 7.48. The molecule has 0 aromatic carbocycles. The second-order valence-electron chi connectivity index (χ2n) is 10.5. The number of rotatable bonds is 2. The number of carbonyl (C=O) groups is 2. The summed E-state index contributed by atoms with van der Waals surface area (Å²) in [6.45, 7) is 2.54. The third-order valence-electron chi connectivity index (χ3n) is 8.08. The fourth-order valence-corrected chi connectivity index (χ4v) is 7.24. The lowest BCUT2D eigenvalue weighted by Crippen LogP contribution is -2.74. The van der Waals surface area contributed by atoms with Crippen molar-refractivity contribution in [2.75, 3.05) is 47.4 Å². The lowest BCUT2D eigenvalue weighted by atomic mass is 9.49. The van der Waals surface area contributed by atoms with Gasteiger partial charge in [-0.3, -0.25) is 14.5 Å². The maximum atomic E-state index is 13.4. The van der Waals surface area contributed by atoms with Crippen LogP contribution < -0.4 is 0 Å². The van der Waals surface area contributed by atoms with Gasteiger partial charge in [-0.15, -0.1) is 0 Å². The van der Waals surface area contributed by atoms with Gasteiger partial charge in [-0.2, -0.15) is 0 Å². The van der Waals surface area contributed by atoms with Crippen molar-refractivity contribution >= 4 is 11.8 Å². The second kappa shape index (κ2) is 5.93. The lowest BCUT2D eigenvalue weighted by Gasteiger charge is -2.60. The minimum absolute atomic E-state index is 0.0552. The molecule has 0 N–H and O–H groups in total. The van der Waals surface area contributed by atoms with E-state index >= 15 is 0 Å². The third kappa shape index (κ3) is 2.74. The highest BCUT2D eigenvalue weighted by molar-refractivity contribution is 5.84. The summed E-state index contributed by atoms with van der Waals surface area (Å²) in [5.74, 6) is 2.89. The highest BCUT2D eigenvalue weighted by atomic mass is 16.5. The van der Waals surface area contributed by atoms with Crippen LogP contribution in [0.25, 0.3) is 0 Å². The van der Waals surface area contributed by atoms with E-state index in [-0.39, 0.29) is 23.0 Å². The third-order valence-corrected chi connectivity index (χ3v) is 8.08. The van der Waals surface area contributed by atoms with Crippen LogP contribution in [0.4, 0.5) is 0 Å². The van der Waals surface area contributed by atoms with Crippen LogP contribution in [0.5, 0.6) is 0 Å². The predicted octanol–water partition coefficient (Wildman–Crippen LogP) is 1.20. The Morgan fingerprint density at radius 2 is 1.52 bits per heavy atom. The molecule has 1 atom stereocenters. The number of likely N-dealkylation sites (N-methyl/N-ethyl adjacent to an activating group) is 2. The summed E-state index contributed by atoms with van der Waals surface area (Å²) in [6, 6.07) is -0.210. The predicted molar refractivity (Wildman–Crippen MR) is 101 cm³/mol. The SMILES string of the molecule is CN(C)C(=O)[C@H]1COC2(CN(C(=O)C34CC5CC(CC(C5)C3)C4)C2)CN1C. The van der Waals surface area contributed by atoms with Crippen molar-refractivity contribution in [3.63, 3.8) is 0 Å². The van der Waals surface area contributed by atoms with Gasteiger partial charge >= 0.3 is 0 Å². The molecule has 2 heterocycles. The zero-order valence-corrected chi connectivity index (χ0v) is 16.9. The molecule has 0 unspecified atom stereocenters. The van der Waals surface area contributed by atoms with Crippen LogP contribution in [0.3, 0.4) is 0 Å². The molecule has 1 spiro atoms. The number of morpholine rings is 1. The quantitative estimate of drug-likeness (QED) is 0.728. The number of likely N-dealkylation sites (tertiary alicyclic amines) is 1. The zero-order valence-electron chi connectivity index (χ0n) is 16.9. The summed E-state index contributed by atoms with van der Waals surface area (Å²) in [7, 11) is 5.57. The maximum absolute atomic E-state index is 13.4. The monoisotopic (exact) mass is 375 g/mol. The topological polar surface area (TPSA) is 53.1 Å². The van der Waals surface area contributed by atoms with Crippen molar-refractivity contribution in [2.24, 2.45) is 23.2 Å². The first-order valence-electron chi connectivity index (χ1n) is 10.6. The van der Waals surface area contributed by atoms with E-state index in [9.17, 15) is 9.59 Å². The molecule has 2 aliphatic heterocycles. The van der Waals surface area contributed by atoms with E-state index in [1.807, 2.05) is 7.05 Å². The number of carbonyl (C=O) groups excluding carboxylic acids is 2. The molecule has 6 aliphatic rings. The average molecular weight is 376 g/mol. The summed E-state index contributed by atoms with van der Waals surface area (Å²) < 4.78 is 6.17. The Morgan fingerprint density at radius 3 is 2.00 bits per heavy atom. The van der Waals surface area contributed by atoms with Crippen LogP contribution in [0, 0.1) is 23.2 Å². The molecule has 2 amide bonds. The molecule has 4 bridgehead atoms. The van der Waals surface area contributed by atoms with E-state index in [4.69, 9.17) is 4.74 Å². The lowest BCUT2D eigenvalue weighted by molar-refractivity contribution is -0.212. The molecule has 6 heteroatoms. The fraction of sp³-hybridized carbons (Fsp3) is 0.905. The molecule has 2 saturated heterocycles. The van der Waals surface area contributed by atoms with E-state index in [0.717, 1.165) is 43.6 Å². The first-order chi connectivity index (χ1) is 12.8. The Labute approximate surface area is 162 Å². The molecule has 0 aromatic rings. The Kier molecular flexibility index (Phi) is 3.94. The summed E-state index contributed by atoms with van der Waals surface area (Å²) >= 11 is 0. The van der Waals surface area contributed by atoms with Crippen LogP contribution >= 0.6 is 0 Å². The molecule has 0 aromatic heterocycles. The van der Waals surface area contributed by atoms with Gasteiger partial charge in [-0.1, -0.05) is 0 Å². The van der Waals surface area contributed by atoms with Crippen LogP contribution in [0.2, 0.25) is 0 Å². The zero-order chi connectivity index (χ0) is 19.0. The standard InChI is InChI=1S/C21H33N3O3/c1-22(2)18(25)17-10-27-21(11-23(17)3)12-24(13-21)19(26)20-7-14-4-15(8-20)6-16(5-14)9-20/h14-17H,4-13H2,1-3H3/t14?,15?,16?,17-,20?/m1/s1. The molecule has 0 radical (unpaired) electrons. The van der Waals surface area contributed by atoms with Gasteiger partial charge in [0, 0.05) is 20.6 Å². The van der Waals surface area contributed by atoms with Gasteiger partial charge in [-0.05, 0) is 63.3 Å². The van der Waals surface area contributed by atoms with Crippen LogP contribution in [-0.2, 0) is 14.3 Å². The average Bonchev–Trinajstić information content (AvgIpc) is 2.57. The van der Waals surface area contributed by atoms with E-state index in [2.05, 4.69) is 9.80 Å². The summed E-state index contributed by atoms with van der Waals surface area (Å²) in [5.41, 5.74) is -0.323. The summed E-state index contributed by atoms with van der Waals surface area (Å²) in [4.78, 5) is 31.5. The van der Waals surface area contributed by atoms with Gasteiger partial charge < -0.3 is 14.5 Å². The van der Waals surface area contributed by atoms with Crippen molar-refractivity contribution in [2.45, 2.75) is 50.2 Å². The smallest absolute Gasteiger partial charge is 0.241 e. The van der Waals surface area contributed by atoms with Crippen molar-refractivity contribution in [3.05, 3.63) is 0 Å². The Morgan fingerprint density at radius 1 is 0.963 bits per heavy atom. The summed E-state index contributed by atoms with van der Waals surface area (Å²) in [5, 5.41) is 0. The molecular weight excluding hydrogens is 342 g/mol. The van der Waals surface area contributed by atoms with E-state index in [0.29, 0.717) is 25.6 Å². The van der Waals surface area contributed by atoms with Crippen molar-refractivity contribution < 1.29 is 14.3 Å². The van der Waals surface area contributed by atoms with Crippen LogP contribution in [0.1, 0.15) is 38.5 Å². The Hall–Kier alpha value is -1.14. The van der Waals surface area contributed by atoms with Gasteiger partial charge in [0.2, 0.25) is 11.8 Å². The number of ether oxygens (including phenoxy) is 1. The highest BCUT2D eigenvalue weighted by Gasteiger charge is 2.59. The molecule has 150 valence electrons. The maximum Gasteiger partial charge on any atom is 0.241 e. The molecule has 27 heavy (non-hydrogen) atoms. The molecule has 4 saturated carbocycles. The van der Waals surface area contributed by atoms with Crippen molar-refractivity contribution in [1.29, 1.82) is 0 Å². The number of amides is 2. The van der Waals surface area contributed by atoms with Crippen molar-refractivity contribution in [3.8, 4) is 0 Å². The van der Waals surface area contributed by atoms with Crippen LogP contribution in [0.15, 0.2) is 0 Å². The second-order valence-corrected chi connectivity index (χ2v) is 10.5. The normalized spacial score (nSPS) is 42.3. The van der Waals surface area contributed by atoms with Gasteiger partial charge in [0.1, 0.15) is 11.6 Å². The molecule has 6 fully saturated rings. The largest absolute Gasteiger partial charge is 0.368 e. The molecule has 6 rings (SSSR count). The molecule has 6 nitrogen and oxygen atoms in total. The fourth-order valence-electron chi connectivity index (χ4n) is 7.24. The first kappa shape index (κ1) is 17.9. The van der Waals surface area contributed by atoms with Crippen LogP contribution in [-0.4, -0.2) is 85.5 Å². The highest BCUT2D eigenvalue weighted by Crippen LogP contribution is 2.61. The Balaban J connectivity index is 1.22. The van der Waals surface area contributed by atoms with E-state index in [1.54, 1.807) is 19.0 Å². The first-order valence-corrected chi connectivity index (χ1v) is 10.6. The van der Waals surface area contributed by atoms with E-state index < -0.39 is 0 Å².